The Morgan fingerprint density at radius 2 is 1.82 bits per heavy atom. The Hall–Kier alpha value is -0.794. The van der Waals surface area contributed by atoms with Crippen LogP contribution in [-0.2, 0) is 10.2 Å². The summed E-state index contributed by atoms with van der Waals surface area (Å²) < 4.78 is 26.8. The number of anilines is 1. The van der Waals surface area contributed by atoms with E-state index < -0.39 is 22.2 Å². The quantitative estimate of drug-likeness (QED) is 0.743. The molecule has 0 radical (unpaired) electrons. The normalized spacial score (nSPS) is 17.1. The van der Waals surface area contributed by atoms with Crippen LogP contribution < -0.4 is 4.72 Å². The number of hydrogen-bond acceptors (Lipinski definition) is 3. The van der Waals surface area contributed by atoms with E-state index >= 15 is 0 Å². The highest BCUT2D eigenvalue weighted by Gasteiger charge is 2.36. The van der Waals surface area contributed by atoms with Crippen LogP contribution in [0.5, 0.6) is 0 Å². The molecule has 1 amide bonds. The topological polar surface area (TPSA) is 66.5 Å². The van der Waals surface area contributed by atoms with Crippen LogP contribution >= 0.6 is 0 Å². The predicted molar refractivity (Wildman–Crippen MR) is 68.8 cm³/mol. The molecule has 1 aliphatic heterocycles. The van der Waals surface area contributed by atoms with Crippen molar-refractivity contribution in [3.63, 3.8) is 0 Å². The molecule has 0 unspecified atom stereocenters. The second kappa shape index (κ2) is 4.83. The molecule has 0 aromatic heterocycles. The average molecular weight is 267 g/mol. The molecule has 0 bridgehead atoms. The first-order valence-corrected chi connectivity index (χ1v) is 6.33. The zero-order valence-electron chi connectivity index (χ0n) is 8.97. The van der Waals surface area contributed by atoms with Crippen LogP contribution in [0.2, 0.25) is 0 Å². The first kappa shape index (κ1) is 14.3. The molecule has 0 saturated heterocycles. The molecule has 0 saturated carbocycles. The fourth-order valence-corrected chi connectivity index (χ4v) is 3.11. The van der Waals surface area contributed by atoms with E-state index in [9.17, 15) is 13.2 Å². The Kier molecular flexibility index (Phi) is 4.05. The maximum atomic E-state index is 12.0. The highest BCUT2D eigenvalue weighted by molar-refractivity contribution is 7.91. The lowest BCUT2D eigenvalue weighted by Crippen LogP contribution is -2.48. The van der Waals surface area contributed by atoms with E-state index in [2.05, 4.69) is 4.72 Å². The minimum atomic E-state index is -3.75. The summed E-state index contributed by atoms with van der Waals surface area (Å²) in [6.45, 7) is 3.32. The molecule has 5 nitrogen and oxygen atoms in total. The number of carbonyl (C=O) groups is 1. The first-order chi connectivity index (χ1) is 7.43. The van der Waals surface area contributed by atoms with Crippen molar-refractivity contribution in [1.29, 1.82) is 0 Å². The van der Waals surface area contributed by atoms with E-state index in [0.717, 1.165) is 4.31 Å². The van der Waals surface area contributed by atoms with E-state index in [-0.39, 0.29) is 23.1 Å². The summed E-state index contributed by atoms with van der Waals surface area (Å²) in [7, 11) is -3.75. The molecule has 7 heteroatoms. The van der Waals surface area contributed by atoms with E-state index in [1.807, 2.05) is 0 Å². The van der Waals surface area contributed by atoms with Crippen LogP contribution in [0.25, 0.3) is 0 Å². The van der Waals surface area contributed by atoms with E-state index in [4.69, 9.17) is 0 Å². The second-order valence-electron chi connectivity index (χ2n) is 3.85. The van der Waals surface area contributed by atoms with Crippen molar-refractivity contribution < 1.29 is 13.2 Å². The number of fused-ring (bicyclic) bond motifs is 1. The maximum Gasteiger partial charge on any atom is 0.326 e. The smallest absolute Gasteiger partial charge is 0.268 e. The molecular formula is C10H14MgN2O3S. The van der Waals surface area contributed by atoms with Gasteiger partial charge in [0.15, 0.2) is 0 Å². The van der Waals surface area contributed by atoms with E-state index in [1.165, 1.54) is 0 Å². The number of rotatable bonds is 1. The van der Waals surface area contributed by atoms with Gasteiger partial charge in [-0.3, -0.25) is 9.52 Å². The fourth-order valence-electron chi connectivity index (χ4n) is 1.69. The lowest BCUT2D eigenvalue weighted by Gasteiger charge is -2.31. The number of nitrogens with zero attached hydrogens (tertiary/aromatic N) is 1. The SMILES string of the molecule is CC(C)N1C(=O)c2ccccc2NS1(=O)=O.[MgH2]. The Balaban J connectivity index is 0.00000144. The second-order valence-corrected chi connectivity index (χ2v) is 5.40. The number of para-hydroxylation sites is 1. The molecular weight excluding hydrogens is 252 g/mol. The van der Waals surface area contributed by atoms with Gasteiger partial charge in [0, 0.05) is 6.04 Å². The molecule has 1 heterocycles. The summed E-state index contributed by atoms with van der Waals surface area (Å²) in [6, 6.07) is 6.16. The number of hydrogen-bond donors (Lipinski definition) is 1. The minimum Gasteiger partial charge on any atom is -0.268 e. The van der Waals surface area contributed by atoms with E-state index in [1.54, 1.807) is 38.1 Å². The van der Waals surface area contributed by atoms with Crippen LogP contribution in [0, 0.1) is 0 Å². The largest absolute Gasteiger partial charge is 0.326 e. The molecule has 90 valence electrons. The number of amides is 1. The summed E-state index contributed by atoms with van der Waals surface area (Å²) >= 11 is 0. The van der Waals surface area contributed by atoms with Crippen molar-refractivity contribution in [2.24, 2.45) is 0 Å². The van der Waals surface area contributed by atoms with Crippen molar-refractivity contribution >= 4 is 44.9 Å². The lowest BCUT2D eigenvalue weighted by molar-refractivity contribution is 0.0834. The third-order valence-electron chi connectivity index (χ3n) is 2.32. The van der Waals surface area contributed by atoms with Gasteiger partial charge in [0.2, 0.25) is 0 Å². The number of carbonyl (C=O) groups excluding carboxylic acids is 1. The van der Waals surface area contributed by atoms with Crippen molar-refractivity contribution in [2.45, 2.75) is 19.9 Å². The van der Waals surface area contributed by atoms with Gasteiger partial charge in [0.1, 0.15) is 0 Å². The highest BCUT2D eigenvalue weighted by atomic mass is 32.2. The molecule has 0 fully saturated rings. The molecule has 17 heavy (non-hydrogen) atoms. The zero-order valence-corrected chi connectivity index (χ0v) is 9.78. The van der Waals surface area contributed by atoms with Gasteiger partial charge in [-0.15, -0.1) is 0 Å². The van der Waals surface area contributed by atoms with Gasteiger partial charge in [-0.2, -0.15) is 8.42 Å². The molecule has 1 N–H and O–H groups in total. The summed E-state index contributed by atoms with van der Waals surface area (Å²) in [5.41, 5.74) is 0.718. The van der Waals surface area contributed by atoms with Gasteiger partial charge >= 0.3 is 33.3 Å². The lowest BCUT2D eigenvalue weighted by atomic mass is 10.1. The third-order valence-corrected chi connectivity index (χ3v) is 3.91. The maximum absolute atomic E-state index is 12.0. The number of benzene rings is 1. The van der Waals surface area contributed by atoms with Gasteiger partial charge in [0.05, 0.1) is 11.3 Å². The van der Waals surface area contributed by atoms with Gasteiger partial charge in [-0.1, -0.05) is 12.1 Å². The molecule has 0 atom stereocenters. The minimum absolute atomic E-state index is 0. The van der Waals surface area contributed by atoms with Crippen molar-refractivity contribution in [1.82, 2.24) is 4.31 Å². The van der Waals surface area contributed by atoms with Crippen LogP contribution in [0.15, 0.2) is 24.3 Å². The van der Waals surface area contributed by atoms with Crippen LogP contribution in [-0.4, -0.2) is 47.7 Å². The standard InChI is InChI=1S/C10H12N2O3S.Mg.2H/c1-7(2)12-10(13)8-5-3-4-6-9(8)11-16(12,14)15;;;/h3-7,11H,1-2H3;;;. The zero-order chi connectivity index (χ0) is 11.9. The van der Waals surface area contributed by atoms with Crippen molar-refractivity contribution in [3.8, 4) is 0 Å². The third kappa shape index (κ3) is 2.41. The molecule has 1 aromatic rings. The predicted octanol–water partition coefficient (Wildman–Crippen LogP) is 0.291. The fraction of sp³-hybridized carbons (Fsp3) is 0.300. The summed E-state index contributed by atoms with van der Waals surface area (Å²) in [5.74, 6) is -0.482. The van der Waals surface area contributed by atoms with Gasteiger partial charge < -0.3 is 0 Å². The molecule has 1 aromatic carbocycles. The Morgan fingerprint density at radius 3 is 2.41 bits per heavy atom. The van der Waals surface area contributed by atoms with Gasteiger partial charge in [0.25, 0.3) is 5.91 Å². The van der Waals surface area contributed by atoms with E-state index in [0.29, 0.717) is 11.3 Å². The average Bonchev–Trinajstić information content (AvgIpc) is 2.15. The summed E-state index contributed by atoms with van der Waals surface area (Å²) in [6.07, 6.45) is 0. The Labute approximate surface area is 117 Å². The van der Waals surface area contributed by atoms with Crippen molar-refractivity contribution in [2.75, 3.05) is 4.72 Å². The molecule has 0 aliphatic carbocycles. The van der Waals surface area contributed by atoms with Crippen LogP contribution in [0.3, 0.4) is 0 Å². The first-order valence-electron chi connectivity index (χ1n) is 4.89. The van der Waals surface area contributed by atoms with Gasteiger partial charge in [-0.05, 0) is 26.0 Å². The van der Waals surface area contributed by atoms with Crippen molar-refractivity contribution in [3.05, 3.63) is 29.8 Å². The molecule has 0 spiro atoms. The monoisotopic (exact) mass is 266 g/mol. The van der Waals surface area contributed by atoms with Gasteiger partial charge in [-0.25, -0.2) is 4.31 Å². The summed E-state index contributed by atoms with van der Waals surface area (Å²) in [4.78, 5) is 12.0. The molecule has 1 aliphatic rings. The Bertz CT molecular complexity index is 542. The number of nitrogens with one attached hydrogen (secondary N) is 1. The Morgan fingerprint density at radius 1 is 1.24 bits per heavy atom. The van der Waals surface area contributed by atoms with Crippen LogP contribution in [0.1, 0.15) is 24.2 Å². The highest BCUT2D eigenvalue weighted by Crippen LogP contribution is 2.27. The molecule has 2 rings (SSSR count). The van der Waals surface area contributed by atoms with Crippen LogP contribution in [0.4, 0.5) is 5.69 Å². The summed E-state index contributed by atoms with van der Waals surface area (Å²) in [5, 5.41) is 0.